The van der Waals surface area contributed by atoms with Crippen LogP contribution in [0.4, 0.5) is 5.82 Å². The molecule has 0 aliphatic heterocycles. The molecule has 6 heteroatoms. The average Bonchev–Trinajstić information content (AvgIpc) is 2.65. The second kappa shape index (κ2) is 6.95. The predicted molar refractivity (Wildman–Crippen MR) is 94.9 cm³/mol. The van der Waals surface area contributed by atoms with Gasteiger partial charge in [0, 0.05) is 22.4 Å². The lowest BCUT2D eigenvalue weighted by atomic mass is 10.1. The van der Waals surface area contributed by atoms with Gasteiger partial charge in [0.15, 0.2) is 5.82 Å². The number of benzene rings is 2. The normalized spacial score (nSPS) is 11.4. The lowest BCUT2D eigenvalue weighted by Crippen LogP contribution is -2.04. The number of ether oxygens (including phenoxy) is 2. The largest absolute Gasteiger partial charge is 0.497 e. The molecule has 1 N–H and O–H groups in total. The zero-order valence-corrected chi connectivity index (χ0v) is 13.8. The first-order valence-corrected chi connectivity index (χ1v) is 7.46. The number of anilines is 1. The van der Waals surface area contributed by atoms with E-state index in [4.69, 9.17) is 9.47 Å². The summed E-state index contributed by atoms with van der Waals surface area (Å²) in [5, 5.41) is 14.5. The van der Waals surface area contributed by atoms with Gasteiger partial charge in [-0.05, 0) is 19.1 Å². The molecule has 0 saturated carbocycles. The summed E-state index contributed by atoms with van der Waals surface area (Å²) >= 11 is 0. The van der Waals surface area contributed by atoms with Gasteiger partial charge in [0.1, 0.15) is 11.5 Å². The Morgan fingerprint density at radius 2 is 1.92 bits per heavy atom. The van der Waals surface area contributed by atoms with Gasteiger partial charge >= 0.3 is 0 Å². The summed E-state index contributed by atoms with van der Waals surface area (Å²) in [6.07, 6.45) is 1.73. The van der Waals surface area contributed by atoms with Crippen molar-refractivity contribution in [2.45, 2.75) is 6.92 Å². The molecule has 0 aliphatic carbocycles. The van der Waals surface area contributed by atoms with Gasteiger partial charge in [0.05, 0.1) is 26.1 Å². The summed E-state index contributed by atoms with van der Waals surface area (Å²) < 4.78 is 10.6. The van der Waals surface area contributed by atoms with Gasteiger partial charge in [0.25, 0.3) is 0 Å². The van der Waals surface area contributed by atoms with Crippen LogP contribution < -0.4 is 14.9 Å². The Morgan fingerprint density at radius 1 is 1.08 bits per heavy atom. The van der Waals surface area contributed by atoms with E-state index in [9.17, 15) is 0 Å². The van der Waals surface area contributed by atoms with Gasteiger partial charge in [-0.2, -0.15) is 10.2 Å². The first-order chi connectivity index (χ1) is 11.7. The third kappa shape index (κ3) is 3.12. The molecular formula is C18H18N4O2. The van der Waals surface area contributed by atoms with E-state index in [1.165, 1.54) is 0 Å². The van der Waals surface area contributed by atoms with E-state index in [2.05, 4.69) is 20.7 Å². The summed E-state index contributed by atoms with van der Waals surface area (Å²) in [4.78, 5) is 0. The fraction of sp³-hybridized carbons (Fsp3) is 0.167. The summed E-state index contributed by atoms with van der Waals surface area (Å²) in [5.41, 5.74) is 4.64. The molecule has 2 aromatic carbocycles. The molecule has 0 amide bonds. The van der Waals surface area contributed by atoms with Gasteiger partial charge in [0.2, 0.25) is 0 Å². The molecule has 0 unspecified atom stereocenters. The van der Waals surface area contributed by atoms with Crippen LogP contribution in [0.5, 0.6) is 11.5 Å². The summed E-state index contributed by atoms with van der Waals surface area (Å²) in [7, 11) is 3.24. The number of nitrogens with zero attached hydrogens (tertiary/aromatic N) is 3. The third-order valence-corrected chi connectivity index (χ3v) is 3.70. The van der Waals surface area contributed by atoms with E-state index in [-0.39, 0.29) is 0 Å². The van der Waals surface area contributed by atoms with Gasteiger partial charge in [-0.3, -0.25) is 5.43 Å². The SMILES string of the molecule is COc1ccc(/C(C)=N/Nc2nncc3ccccc23)c(OC)c1. The lowest BCUT2D eigenvalue weighted by Gasteiger charge is -2.10. The van der Waals surface area contributed by atoms with Gasteiger partial charge in [-0.1, -0.05) is 24.3 Å². The highest BCUT2D eigenvalue weighted by molar-refractivity contribution is 6.02. The van der Waals surface area contributed by atoms with Crippen molar-refractivity contribution in [3.05, 3.63) is 54.2 Å². The molecule has 0 bridgehead atoms. The molecule has 0 atom stereocenters. The average molecular weight is 322 g/mol. The number of hydrogen-bond donors (Lipinski definition) is 1. The highest BCUT2D eigenvalue weighted by atomic mass is 16.5. The maximum Gasteiger partial charge on any atom is 0.176 e. The molecule has 0 saturated heterocycles. The fourth-order valence-electron chi connectivity index (χ4n) is 2.40. The molecule has 6 nitrogen and oxygen atoms in total. The van der Waals surface area contributed by atoms with E-state index in [1.54, 1.807) is 20.4 Å². The first kappa shape index (κ1) is 15.7. The summed E-state index contributed by atoms with van der Waals surface area (Å²) in [6.45, 7) is 1.90. The molecule has 3 rings (SSSR count). The zero-order valence-electron chi connectivity index (χ0n) is 13.8. The van der Waals surface area contributed by atoms with Crippen LogP contribution in [0, 0.1) is 0 Å². The van der Waals surface area contributed by atoms with Crippen LogP contribution in [0.1, 0.15) is 12.5 Å². The number of fused-ring (bicyclic) bond motifs is 1. The molecule has 0 fully saturated rings. The number of nitrogens with one attached hydrogen (secondary N) is 1. The molecular weight excluding hydrogens is 304 g/mol. The number of hydrazone groups is 1. The minimum absolute atomic E-state index is 0.611. The van der Waals surface area contributed by atoms with Crippen molar-refractivity contribution >= 4 is 22.3 Å². The standard InChI is InChI=1S/C18H18N4O2/c1-12(15-9-8-14(23-2)10-17(15)24-3)20-22-18-16-7-5-4-6-13(16)11-19-21-18/h4-11H,1-3H3,(H,21,22)/b20-12+. The summed E-state index contributed by atoms with van der Waals surface area (Å²) in [6, 6.07) is 13.5. The third-order valence-electron chi connectivity index (χ3n) is 3.70. The van der Waals surface area contributed by atoms with Crippen molar-refractivity contribution < 1.29 is 9.47 Å². The van der Waals surface area contributed by atoms with E-state index in [1.807, 2.05) is 49.4 Å². The van der Waals surface area contributed by atoms with Crippen molar-refractivity contribution in [3.8, 4) is 11.5 Å². The predicted octanol–water partition coefficient (Wildman–Crippen LogP) is 3.48. The van der Waals surface area contributed by atoms with E-state index < -0.39 is 0 Å². The molecule has 24 heavy (non-hydrogen) atoms. The van der Waals surface area contributed by atoms with Gasteiger partial charge in [-0.15, -0.1) is 5.10 Å². The van der Waals surface area contributed by atoms with Gasteiger partial charge < -0.3 is 9.47 Å². The lowest BCUT2D eigenvalue weighted by molar-refractivity contribution is 0.394. The van der Waals surface area contributed by atoms with Crippen LogP contribution >= 0.6 is 0 Å². The monoisotopic (exact) mass is 322 g/mol. The maximum absolute atomic E-state index is 5.41. The quantitative estimate of drug-likeness (QED) is 0.575. The number of methoxy groups -OCH3 is 2. The Labute approximate surface area is 140 Å². The molecule has 1 aromatic heterocycles. The smallest absolute Gasteiger partial charge is 0.176 e. The Kier molecular flexibility index (Phi) is 4.56. The molecule has 122 valence electrons. The Bertz CT molecular complexity index is 888. The van der Waals surface area contributed by atoms with Gasteiger partial charge in [-0.25, -0.2) is 0 Å². The maximum atomic E-state index is 5.41. The highest BCUT2D eigenvalue weighted by Crippen LogP contribution is 2.25. The Morgan fingerprint density at radius 3 is 2.71 bits per heavy atom. The molecule has 0 spiro atoms. The van der Waals surface area contributed by atoms with Crippen LogP contribution in [0.3, 0.4) is 0 Å². The minimum Gasteiger partial charge on any atom is -0.497 e. The van der Waals surface area contributed by atoms with E-state index >= 15 is 0 Å². The Hall–Kier alpha value is -3.15. The van der Waals surface area contributed by atoms with Crippen LogP contribution in [0.15, 0.2) is 53.8 Å². The summed E-state index contributed by atoms with van der Waals surface area (Å²) in [5.74, 6) is 2.04. The Balaban J connectivity index is 1.91. The first-order valence-electron chi connectivity index (χ1n) is 7.46. The number of hydrogen-bond acceptors (Lipinski definition) is 6. The minimum atomic E-state index is 0.611. The van der Waals surface area contributed by atoms with Crippen LogP contribution in [-0.4, -0.2) is 30.1 Å². The fourth-order valence-corrected chi connectivity index (χ4v) is 2.40. The molecule has 3 aromatic rings. The second-order valence-corrected chi connectivity index (χ2v) is 5.16. The number of aromatic nitrogens is 2. The number of rotatable bonds is 5. The van der Waals surface area contributed by atoms with E-state index in [0.29, 0.717) is 11.6 Å². The highest BCUT2D eigenvalue weighted by Gasteiger charge is 2.09. The molecule has 0 radical (unpaired) electrons. The van der Waals surface area contributed by atoms with Crippen molar-refractivity contribution in [2.75, 3.05) is 19.6 Å². The second-order valence-electron chi connectivity index (χ2n) is 5.16. The zero-order chi connectivity index (χ0) is 16.9. The van der Waals surface area contributed by atoms with Crippen molar-refractivity contribution in [3.63, 3.8) is 0 Å². The van der Waals surface area contributed by atoms with Crippen LogP contribution in [0.2, 0.25) is 0 Å². The van der Waals surface area contributed by atoms with Crippen molar-refractivity contribution in [2.24, 2.45) is 5.10 Å². The topological polar surface area (TPSA) is 68.6 Å². The van der Waals surface area contributed by atoms with Crippen molar-refractivity contribution in [1.82, 2.24) is 10.2 Å². The van der Waals surface area contributed by atoms with E-state index in [0.717, 1.165) is 27.8 Å². The van der Waals surface area contributed by atoms with Crippen LogP contribution in [0.25, 0.3) is 10.8 Å². The molecule has 0 aliphatic rings. The molecule has 1 heterocycles. The van der Waals surface area contributed by atoms with Crippen LogP contribution in [-0.2, 0) is 0 Å². The van der Waals surface area contributed by atoms with Crippen molar-refractivity contribution in [1.29, 1.82) is 0 Å².